The van der Waals surface area contributed by atoms with E-state index >= 15 is 0 Å². The lowest BCUT2D eigenvalue weighted by molar-refractivity contribution is 0.0842. The molecule has 2 aromatic carbocycles. The molecule has 0 N–H and O–H groups in total. The minimum Gasteiger partial charge on any atom is -0.368 e. The fraction of sp³-hybridized carbons (Fsp3) is 0.300. The third-order valence-electron chi connectivity index (χ3n) is 4.87. The predicted molar refractivity (Wildman–Crippen MR) is 105 cm³/mol. The molecule has 1 saturated heterocycles. The number of hydrogen-bond donors (Lipinski definition) is 0. The Hall–Kier alpha value is -2.60. The van der Waals surface area contributed by atoms with Crippen LogP contribution < -0.4 is 4.90 Å². The van der Waals surface area contributed by atoms with Crippen LogP contribution in [0.2, 0.25) is 5.02 Å². The van der Waals surface area contributed by atoms with Crippen LogP contribution in [-0.4, -0.2) is 60.9 Å². The van der Waals surface area contributed by atoms with Crippen LogP contribution in [0.25, 0.3) is 0 Å². The second-order valence-electron chi connectivity index (χ2n) is 6.60. The van der Waals surface area contributed by atoms with Gasteiger partial charge in [-0.1, -0.05) is 23.7 Å². The van der Waals surface area contributed by atoms with E-state index in [4.69, 9.17) is 11.6 Å². The highest BCUT2D eigenvalue weighted by Gasteiger charge is 2.31. The maximum absolute atomic E-state index is 13.5. The summed E-state index contributed by atoms with van der Waals surface area (Å²) in [7, 11) is 0. The van der Waals surface area contributed by atoms with Crippen molar-refractivity contribution in [2.45, 2.75) is 0 Å². The quantitative estimate of drug-likeness (QED) is 0.796. The van der Waals surface area contributed by atoms with E-state index in [2.05, 4.69) is 20.9 Å². The lowest BCUT2D eigenvalue weighted by Gasteiger charge is -2.38. The molecular weight excluding hydrogens is 367 g/mol. The van der Waals surface area contributed by atoms with Gasteiger partial charge in [-0.15, -0.1) is 0 Å². The second-order valence-corrected chi connectivity index (χ2v) is 7.04. The molecule has 1 fully saturated rings. The summed E-state index contributed by atoms with van der Waals surface area (Å²) in [5.41, 5.74) is 1.45. The molecule has 2 heterocycles. The van der Waals surface area contributed by atoms with Crippen LogP contribution in [0, 0.1) is 5.82 Å². The van der Waals surface area contributed by atoms with Crippen molar-refractivity contribution < 1.29 is 9.18 Å². The summed E-state index contributed by atoms with van der Waals surface area (Å²) in [6.07, 6.45) is 0. The van der Waals surface area contributed by atoms with Gasteiger partial charge in [0.15, 0.2) is 0 Å². The predicted octanol–water partition coefficient (Wildman–Crippen LogP) is 3.11. The Morgan fingerprint density at radius 1 is 0.963 bits per heavy atom. The van der Waals surface area contributed by atoms with E-state index in [1.165, 1.54) is 12.1 Å². The summed E-state index contributed by atoms with van der Waals surface area (Å²) in [5.74, 6) is 0.0756. The molecule has 0 saturated carbocycles. The van der Waals surface area contributed by atoms with Crippen LogP contribution in [0.5, 0.6) is 0 Å². The van der Waals surface area contributed by atoms with Crippen molar-refractivity contribution in [2.24, 2.45) is 4.99 Å². The summed E-state index contributed by atoms with van der Waals surface area (Å²) in [4.78, 5) is 23.4. The van der Waals surface area contributed by atoms with Gasteiger partial charge in [0.05, 0.1) is 6.54 Å². The summed E-state index contributed by atoms with van der Waals surface area (Å²) in [6, 6.07) is 13.6. The first-order chi connectivity index (χ1) is 13.1. The molecule has 140 valence electrons. The molecule has 0 bridgehead atoms. The highest BCUT2D eigenvalue weighted by atomic mass is 35.5. The number of nitrogens with zero attached hydrogens (tertiary/aromatic N) is 4. The first-order valence-electron chi connectivity index (χ1n) is 8.99. The molecule has 2 aliphatic heterocycles. The Labute approximate surface area is 162 Å². The first kappa shape index (κ1) is 17.8. The number of hydrogen-bond acceptors (Lipinski definition) is 4. The van der Waals surface area contributed by atoms with Gasteiger partial charge >= 0.3 is 0 Å². The van der Waals surface area contributed by atoms with E-state index in [-0.39, 0.29) is 5.91 Å². The van der Waals surface area contributed by atoms with Gasteiger partial charge < -0.3 is 9.80 Å². The maximum Gasteiger partial charge on any atom is 0.260 e. The largest absolute Gasteiger partial charge is 0.368 e. The Kier molecular flexibility index (Phi) is 4.99. The number of carbonyl (C=O) groups is 1. The Balaban J connectivity index is 1.44. The van der Waals surface area contributed by atoms with Gasteiger partial charge in [0.2, 0.25) is 5.96 Å². The second kappa shape index (κ2) is 7.56. The SMILES string of the molecule is O=C(c1cccc(F)c1)N1CCN=C1N1CCN(c2cccc(Cl)c2)CC1. The van der Waals surface area contributed by atoms with Gasteiger partial charge in [-0.2, -0.15) is 0 Å². The van der Waals surface area contributed by atoms with Crippen LogP contribution in [0.3, 0.4) is 0 Å². The number of anilines is 1. The average Bonchev–Trinajstić information content (AvgIpc) is 3.17. The lowest BCUT2D eigenvalue weighted by atomic mass is 10.2. The number of rotatable bonds is 2. The van der Waals surface area contributed by atoms with Crippen molar-refractivity contribution >= 4 is 29.2 Å². The monoisotopic (exact) mass is 386 g/mol. The zero-order valence-electron chi connectivity index (χ0n) is 14.8. The number of carbonyl (C=O) groups excluding carboxylic acids is 1. The van der Waals surface area contributed by atoms with E-state index in [9.17, 15) is 9.18 Å². The fourth-order valence-corrected chi connectivity index (χ4v) is 3.70. The molecular formula is C20H20ClFN4O. The van der Waals surface area contributed by atoms with Gasteiger partial charge in [-0.3, -0.25) is 14.7 Å². The molecule has 0 aliphatic carbocycles. The van der Waals surface area contributed by atoms with Gasteiger partial charge in [-0.05, 0) is 36.4 Å². The molecule has 0 radical (unpaired) electrons. The standard InChI is InChI=1S/C20H20ClFN4O/c21-16-4-2-6-18(14-16)24-9-11-25(12-10-24)20-23-7-8-26(20)19(27)15-3-1-5-17(22)13-15/h1-6,13-14H,7-12H2. The molecule has 4 rings (SSSR count). The summed E-state index contributed by atoms with van der Waals surface area (Å²) < 4.78 is 13.5. The third kappa shape index (κ3) is 3.76. The topological polar surface area (TPSA) is 39.2 Å². The van der Waals surface area contributed by atoms with Crippen molar-refractivity contribution in [2.75, 3.05) is 44.2 Å². The van der Waals surface area contributed by atoms with Crippen LogP contribution in [0.15, 0.2) is 53.5 Å². The molecule has 0 unspecified atom stereocenters. The van der Waals surface area contributed by atoms with Crippen molar-refractivity contribution in [3.63, 3.8) is 0 Å². The highest BCUT2D eigenvalue weighted by molar-refractivity contribution is 6.30. The van der Waals surface area contributed by atoms with Crippen LogP contribution in [-0.2, 0) is 0 Å². The van der Waals surface area contributed by atoms with E-state index < -0.39 is 5.82 Å². The van der Waals surface area contributed by atoms with Crippen LogP contribution in [0.4, 0.5) is 10.1 Å². The van der Waals surface area contributed by atoms with E-state index in [1.807, 2.05) is 18.2 Å². The molecule has 0 atom stereocenters. The minimum absolute atomic E-state index is 0.206. The van der Waals surface area contributed by atoms with E-state index in [0.29, 0.717) is 24.6 Å². The summed E-state index contributed by atoms with van der Waals surface area (Å²) >= 11 is 6.09. The van der Waals surface area contributed by atoms with Crippen LogP contribution >= 0.6 is 11.6 Å². The van der Waals surface area contributed by atoms with E-state index in [1.54, 1.807) is 17.0 Å². The molecule has 2 aromatic rings. The molecule has 7 heteroatoms. The third-order valence-corrected chi connectivity index (χ3v) is 5.11. The smallest absolute Gasteiger partial charge is 0.260 e. The fourth-order valence-electron chi connectivity index (χ4n) is 3.51. The number of guanidine groups is 1. The minimum atomic E-state index is -0.409. The molecule has 5 nitrogen and oxygen atoms in total. The molecule has 2 aliphatic rings. The van der Waals surface area contributed by atoms with Crippen molar-refractivity contribution in [1.29, 1.82) is 0 Å². The van der Waals surface area contributed by atoms with Gasteiger partial charge in [0.25, 0.3) is 5.91 Å². The number of halogens is 2. The zero-order chi connectivity index (χ0) is 18.8. The van der Waals surface area contributed by atoms with Crippen molar-refractivity contribution in [3.8, 4) is 0 Å². The van der Waals surface area contributed by atoms with E-state index in [0.717, 1.165) is 36.9 Å². The van der Waals surface area contributed by atoms with Gasteiger partial charge in [0, 0.05) is 49.0 Å². The lowest BCUT2D eigenvalue weighted by Crippen LogP contribution is -2.53. The van der Waals surface area contributed by atoms with Gasteiger partial charge in [0.1, 0.15) is 5.82 Å². The van der Waals surface area contributed by atoms with Crippen molar-refractivity contribution in [1.82, 2.24) is 9.80 Å². The normalized spacial score (nSPS) is 17.3. The number of benzene rings is 2. The van der Waals surface area contributed by atoms with Gasteiger partial charge in [-0.25, -0.2) is 4.39 Å². The molecule has 27 heavy (non-hydrogen) atoms. The van der Waals surface area contributed by atoms with Crippen LogP contribution in [0.1, 0.15) is 10.4 Å². The Bertz CT molecular complexity index is 880. The first-order valence-corrected chi connectivity index (χ1v) is 9.37. The molecule has 1 amide bonds. The summed E-state index contributed by atoms with van der Waals surface area (Å²) in [6.45, 7) is 4.27. The number of aliphatic imine (C=N–C) groups is 1. The highest BCUT2D eigenvalue weighted by Crippen LogP contribution is 2.22. The molecule has 0 spiro atoms. The maximum atomic E-state index is 13.5. The summed E-state index contributed by atoms with van der Waals surface area (Å²) in [5, 5.41) is 0.724. The Morgan fingerprint density at radius 2 is 1.70 bits per heavy atom. The molecule has 0 aromatic heterocycles. The van der Waals surface area contributed by atoms with Crippen molar-refractivity contribution in [3.05, 3.63) is 64.9 Å². The number of amides is 1. The average molecular weight is 387 g/mol. The zero-order valence-corrected chi connectivity index (χ0v) is 15.6. The number of piperazine rings is 1. The Morgan fingerprint density at radius 3 is 2.44 bits per heavy atom.